The Morgan fingerprint density at radius 1 is 1.29 bits per heavy atom. The fourth-order valence-electron chi connectivity index (χ4n) is 2.29. The Hall–Kier alpha value is -1.34. The molecule has 1 aliphatic rings. The van der Waals surface area contributed by atoms with E-state index < -0.39 is 6.04 Å². The quantitative estimate of drug-likeness (QED) is 0.795. The zero-order chi connectivity index (χ0) is 15.4. The van der Waals surface area contributed by atoms with Crippen LogP contribution in [0, 0.1) is 0 Å². The molecule has 1 aromatic carbocycles. The monoisotopic (exact) mass is 313 g/mol. The minimum Gasteiger partial charge on any atom is -0.383 e. The van der Waals surface area contributed by atoms with Crippen molar-refractivity contribution in [1.29, 1.82) is 0 Å². The van der Waals surface area contributed by atoms with E-state index in [9.17, 15) is 4.79 Å². The number of benzene rings is 1. The maximum atomic E-state index is 11.6. The molecule has 0 fully saturated rings. The van der Waals surface area contributed by atoms with Gasteiger partial charge in [0.05, 0.1) is 23.9 Å². The van der Waals surface area contributed by atoms with Gasteiger partial charge in [-0.05, 0) is 12.1 Å². The van der Waals surface area contributed by atoms with Gasteiger partial charge in [-0.3, -0.25) is 4.79 Å². The van der Waals surface area contributed by atoms with Crippen molar-refractivity contribution in [2.45, 2.75) is 6.04 Å². The van der Waals surface area contributed by atoms with E-state index in [1.807, 2.05) is 6.07 Å². The van der Waals surface area contributed by atoms with Gasteiger partial charge in [0, 0.05) is 38.6 Å². The van der Waals surface area contributed by atoms with Crippen LogP contribution < -0.4 is 16.0 Å². The van der Waals surface area contributed by atoms with Gasteiger partial charge in [-0.2, -0.15) is 0 Å². The molecule has 1 unspecified atom stereocenters. The van der Waals surface area contributed by atoms with E-state index in [0.29, 0.717) is 37.0 Å². The highest BCUT2D eigenvalue weighted by molar-refractivity contribution is 6.33. The number of hydrogen-bond donors (Lipinski definition) is 2. The van der Waals surface area contributed by atoms with Crippen LogP contribution in [0.1, 0.15) is 11.6 Å². The molecule has 0 saturated carbocycles. The summed E-state index contributed by atoms with van der Waals surface area (Å²) in [6.45, 7) is 2.50. The van der Waals surface area contributed by atoms with Crippen LogP contribution in [0.4, 0.5) is 11.4 Å². The van der Waals surface area contributed by atoms with Crippen LogP contribution in [0.5, 0.6) is 0 Å². The van der Waals surface area contributed by atoms with E-state index in [0.717, 1.165) is 11.3 Å². The second kappa shape index (κ2) is 7.09. The van der Waals surface area contributed by atoms with Crippen molar-refractivity contribution in [3.63, 3.8) is 0 Å². The fraction of sp³-hybridized carbons (Fsp3) is 0.500. The molecule has 1 amide bonds. The molecule has 116 valence electrons. The third-order valence-electron chi connectivity index (χ3n) is 3.47. The lowest BCUT2D eigenvalue weighted by atomic mass is 10.1. The lowest BCUT2D eigenvalue weighted by Crippen LogP contribution is -2.31. The topological polar surface area (TPSA) is 76.8 Å². The van der Waals surface area contributed by atoms with Gasteiger partial charge in [-0.1, -0.05) is 11.6 Å². The minimum absolute atomic E-state index is 0.210. The number of nitrogens with zero attached hydrogens (tertiary/aromatic N) is 1. The lowest BCUT2D eigenvalue weighted by molar-refractivity contribution is -0.116. The normalized spacial score (nSPS) is 16.8. The van der Waals surface area contributed by atoms with Gasteiger partial charge >= 0.3 is 0 Å². The van der Waals surface area contributed by atoms with E-state index in [1.165, 1.54) is 0 Å². The second-order valence-electron chi connectivity index (χ2n) is 4.83. The van der Waals surface area contributed by atoms with Gasteiger partial charge in [0.15, 0.2) is 0 Å². The van der Waals surface area contributed by atoms with Crippen molar-refractivity contribution >= 4 is 28.9 Å². The molecule has 1 atom stereocenters. The standard InChI is InChI=1S/C14H20ClN3O3/c1-20-5-3-18(4-6-21-2)12-8-11-9(7-10(12)15)13(16)14(19)17-11/h7-8,13H,3-6,16H2,1-2H3,(H,17,19). The molecule has 1 aliphatic heterocycles. The van der Waals surface area contributed by atoms with Crippen LogP contribution >= 0.6 is 11.6 Å². The van der Waals surface area contributed by atoms with Crippen LogP contribution in [0.25, 0.3) is 0 Å². The molecule has 0 saturated heterocycles. The number of methoxy groups -OCH3 is 2. The number of rotatable bonds is 7. The van der Waals surface area contributed by atoms with Gasteiger partial charge < -0.3 is 25.4 Å². The fourth-order valence-corrected chi connectivity index (χ4v) is 2.58. The molecule has 0 radical (unpaired) electrons. The van der Waals surface area contributed by atoms with E-state index in [4.69, 9.17) is 26.8 Å². The highest BCUT2D eigenvalue weighted by Crippen LogP contribution is 2.38. The molecule has 2 rings (SSSR count). The van der Waals surface area contributed by atoms with Crippen LogP contribution in [-0.2, 0) is 14.3 Å². The molecule has 1 aromatic rings. The molecule has 1 heterocycles. The molecule has 6 nitrogen and oxygen atoms in total. The third kappa shape index (κ3) is 3.47. The number of hydrogen-bond acceptors (Lipinski definition) is 5. The molecule has 3 N–H and O–H groups in total. The molecule has 0 aliphatic carbocycles. The maximum Gasteiger partial charge on any atom is 0.245 e. The van der Waals surface area contributed by atoms with Crippen LogP contribution in [0.3, 0.4) is 0 Å². The van der Waals surface area contributed by atoms with Crippen molar-refractivity contribution in [1.82, 2.24) is 0 Å². The summed E-state index contributed by atoms with van der Waals surface area (Å²) in [6.07, 6.45) is 0. The number of anilines is 2. The first-order valence-electron chi connectivity index (χ1n) is 6.71. The number of ether oxygens (including phenoxy) is 2. The summed E-state index contributed by atoms with van der Waals surface area (Å²) in [4.78, 5) is 13.7. The average Bonchev–Trinajstić information content (AvgIpc) is 2.74. The lowest BCUT2D eigenvalue weighted by Gasteiger charge is -2.26. The maximum absolute atomic E-state index is 11.6. The molecule has 7 heteroatoms. The Balaban J connectivity index is 2.28. The largest absolute Gasteiger partial charge is 0.383 e. The highest BCUT2D eigenvalue weighted by atomic mass is 35.5. The zero-order valence-corrected chi connectivity index (χ0v) is 12.9. The molecule has 21 heavy (non-hydrogen) atoms. The number of halogens is 1. The highest BCUT2D eigenvalue weighted by Gasteiger charge is 2.29. The summed E-state index contributed by atoms with van der Waals surface area (Å²) < 4.78 is 10.3. The summed E-state index contributed by atoms with van der Waals surface area (Å²) in [7, 11) is 3.30. The summed E-state index contributed by atoms with van der Waals surface area (Å²) in [6, 6.07) is 2.95. The van der Waals surface area contributed by atoms with Crippen LogP contribution in [0.2, 0.25) is 5.02 Å². The van der Waals surface area contributed by atoms with Gasteiger partial charge in [0.25, 0.3) is 0 Å². The van der Waals surface area contributed by atoms with Crippen molar-refractivity contribution in [3.05, 3.63) is 22.7 Å². The van der Waals surface area contributed by atoms with E-state index in [1.54, 1.807) is 20.3 Å². The molecular formula is C14H20ClN3O3. The number of amides is 1. The first-order chi connectivity index (χ1) is 10.1. The van der Waals surface area contributed by atoms with Crippen LogP contribution in [0.15, 0.2) is 12.1 Å². The van der Waals surface area contributed by atoms with E-state index in [-0.39, 0.29) is 5.91 Å². The predicted octanol–water partition coefficient (Wildman–Crippen LogP) is 1.39. The summed E-state index contributed by atoms with van der Waals surface area (Å²) in [5, 5.41) is 3.33. The zero-order valence-electron chi connectivity index (χ0n) is 12.2. The van der Waals surface area contributed by atoms with Gasteiger partial charge in [-0.15, -0.1) is 0 Å². The second-order valence-corrected chi connectivity index (χ2v) is 5.24. The Bertz CT molecular complexity index is 516. The molecule has 0 spiro atoms. The number of fused-ring (bicyclic) bond motifs is 1. The molecular weight excluding hydrogens is 294 g/mol. The van der Waals surface area contributed by atoms with Gasteiger partial charge in [-0.25, -0.2) is 0 Å². The number of carbonyl (C=O) groups is 1. The molecule has 0 aromatic heterocycles. The Labute approximate surface area is 129 Å². The Kier molecular flexibility index (Phi) is 5.41. The van der Waals surface area contributed by atoms with Crippen LogP contribution in [-0.4, -0.2) is 46.4 Å². The Morgan fingerprint density at radius 2 is 1.90 bits per heavy atom. The number of nitrogens with one attached hydrogen (secondary N) is 1. The van der Waals surface area contributed by atoms with Crippen molar-refractivity contribution < 1.29 is 14.3 Å². The Morgan fingerprint density at radius 3 is 2.48 bits per heavy atom. The summed E-state index contributed by atoms with van der Waals surface area (Å²) in [5.41, 5.74) is 8.10. The van der Waals surface area contributed by atoms with E-state index >= 15 is 0 Å². The first kappa shape index (κ1) is 16.0. The predicted molar refractivity (Wildman–Crippen MR) is 83.0 cm³/mol. The summed E-state index contributed by atoms with van der Waals surface area (Å²) >= 11 is 6.36. The first-order valence-corrected chi connectivity index (χ1v) is 7.09. The van der Waals surface area contributed by atoms with Gasteiger partial charge in [0.2, 0.25) is 5.91 Å². The van der Waals surface area contributed by atoms with Crippen molar-refractivity contribution in [2.24, 2.45) is 5.73 Å². The smallest absolute Gasteiger partial charge is 0.245 e. The minimum atomic E-state index is -0.655. The van der Waals surface area contributed by atoms with Crippen molar-refractivity contribution in [3.8, 4) is 0 Å². The summed E-state index contributed by atoms with van der Waals surface area (Å²) in [5.74, 6) is -0.210. The van der Waals surface area contributed by atoms with Gasteiger partial charge in [0.1, 0.15) is 6.04 Å². The SMILES string of the molecule is COCCN(CCOC)c1cc2c(cc1Cl)C(N)C(=O)N2. The average molecular weight is 314 g/mol. The van der Waals surface area contributed by atoms with E-state index in [2.05, 4.69) is 10.2 Å². The third-order valence-corrected chi connectivity index (χ3v) is 3.77. The van der Waals surface area contributed by atoms with Crippen molar-refractivity contribution in [2.75, 3.05) is 50.7 Å². The number of nitrogens with two attached hydrogens (primary N) is 1. The number of carbonyl (C=O) groups excluding carboxylic acids is 1. The molecule has 0 bridgehead atoms.